The van der Waals surface area contributed by atoms with E-state index >= 15 is 0 Å². The molecule has 0 spiro atoms. The Morgan fingerprint density at radius 1 is 1.42 bits per heavy atom. The highest BCUT2D eigenvalue weighted by atomic mass is 32.2. The Labute approximate surface area is 113 Å². The molecule has 1 aliphatic rings. The van der Waals surface area contributed by atoms with E-state index in [4.69, 9.17) is 0 Å². The van der Waals surface area contributed by atoms with Crippen LogP contribution in [0, 0.1) is 21.7 Å². The Kier molecular flexibility index (Phi) is 4.24. The summed E-state index contributed by atoms with van der Waals surface area (Å²) in [4.78, 5) is 9.80. The summed E-state index contributed by atoms with van der Waals surface area (Å²) in [6.07, 6.45) is 1.89. The molecule has 7 heteroatoms. The summed E-state index contributed by atoms with van der Waals surface area (Å²) in [6, 6.07) is 1.52. The van der Waals surface area contributed by atoms with Gasteiger partial charge in [-0.1, -0.05) is 6.92 Å². The van der Waals surface area contributed by atoms with Crippen molar-refractivity contribution in [3.63, 3.8) is 0 Å². The number of nitrogens with one attached hydrogen (secondary N) is 1. The van der Waals surface area contributed by atoms with E-state index in [9.17, 15) is 18.9 Å². The Morgan fingerprint density at radius 2 is 2.16 bits per heavy atom. The van der Waals surface area contributed by atoms with Crippen LogP contribution in [-0.2, 0) is 0 Å². The molecule has 1 saturated heterocycles. The molecule has 0 radical (unpaired) electrons. The lowest BCUT2D eigenvalue weighted by Gasteiger charge is -2.30. The van der Waals surface area contributed by atoms with Crippen LogP contribution in [0.3, 0.4) is 0 Å². The van der Waals surface area contributed by atoms with Gasteiger partial charge >= 0.3 is 5.69 Å². The van der Waals surface area contributed by atoms with Gasteiger partial charge in [-0.05, 0) is 18.6 Å². The van der Waals surface area contributed by atoms with Gasteiger partial charge in [0, 0.05) is 23.4 Å². The van der Waals surface area contributed by atoms with Crippen molar-refractivity contribution in [2.24, 2.45) is 0 Å². The molecule has 4 nitrogen and oxygen atoms in total. The summed E-state index contributed by atoms with van der Waals surface area (Å²) >= 11 is 1.77. The van der Waals surface area contributed by atoms with Crippen LogP contribution in [0.15, 0.2) is 12.1 Å². The van der Waals surface area contributed by atoms with Crippen LogP contribution < -0.4 is 5.32 Å². The van der Waals surface area contributed by atoms with E-state index in [0.717, 1.165) is 24.7 Å². The second kappa shape index (κ2) is 5.73. The van der Waals surface area contributed by atoms with E-state index in [2.05, 4.69) is 5.32 Å². The molecule has 1 aromatic rings. The molecule has 104 valence electrons. The van der Waals surface area contributed by atoms with Crippen molar-refractivity contribution in [3.8, 4) is 0 Å². The van der Waals surface area contributed by atoms with Crippen LogP contribution in [0.25, 0.3) is 0 Å². The van der Waals surface area contributed by atoms with Gasteiger partial charge in [0.05, 0.1) is 10.6 Å². The van der Waals surface area contributed by atoms with E-state index in [1.54, 1.807) is 11.8 Å². The minimum Gasteiger partial charge on any atom is -0.379 e. The normalized spacial score (nSPS) is 23.1. The minimum atomic E-state index is -1.15. The molecule has 1 aliphatic heterocycles. The van der Waals surface area contributed by atoms with Crippen molar-refractivity contribution in [2.75, 3.05) is 11.1 Å². The third-order valence-electron chi connectivity index (χ3n) is 3.18. The Balaban J connectivity index is 2.24. The van der Waals surface area contributed by atoms with Crippen LogP contribution in [0.5, 0.6) is 0 Å². The average molecular weight is 288 g/mol. The molecule has 0 aromatic heterocycles. The summed E-state index contributed by atoms with van der Waals surface area (Å²) in [6.45, 7) is 2.03. The first-order chi connectivity index (χ1) is 8.99. The molecule has 2 atom stereocenters. The lowest BCUT2D eigenvalue weighted by molar-refractivity contribution is -0.387. The van der Waals surface area contributed by atoms with Crippen molar-refractivity contribution in [3.05, 3.63) is 33.9 Å². The number of benzene rings is 1. The smallest absolute Gasteiger partial charge is 0.307 e. The van der Waals surface area contributed by atoms with Gasteiger partial charge in [0.2, 0.25) is 5.82 Å². The molecule has 1 aromatic carbocycles. The number of halogens is 2. The summed E-state index contributed by atoms with van der Waals surface area (Å²) in [7, 11) is 0. The molecule has 1 N–H and O–H groups in total. The van der Waals surface area contributed by atoms with Gasteiger partial charge in [-0.3, -0.25) is 10.1 Å². The van der Waals surface area contributed by atoms with Gasteiger partial charge in [-0.15, -0.1) is 0 Å². The summed E-state index contributed by atoms with van der Waals surface area (Å²) in [5.41, 5.74) is -0.715. The average Bonchev–Trinajstić information content (AvgIpc) is 2.34. The van der Waals surface area contributed by atoms with Crippen molar-refractivity contribution < 1.29 is 13.7 Å². The number of hydrogen-bond acceptors (Lipinski definition) is 4. The van der Waals surface area contributed by atoms with Crippen LogP contribution in [-0.4, -0.2) is 22.0 Å². The van der Waals surface area contributed by atoms with E-state index < -0.39 is 22.2 Å². The van der Waals surface area contributed by atoms with Crippen molar-refractivity contribution in [1.82, 2.24) is 0 Å². The summed E-state index contributed by atoms with van der Waals surface area (Å²) in [5.74, 6) is -0.893. The lowest BCUT2D eigenvalue weighted by Crippen LogP contribution is -2.33. The highest BCUT2D eigenvalue weighted by Gasteiger charge is 2.25. The SMILES string of the molecule is CC1SCCCC1Nc1cc([N+](=O)[O-])c(F)cc1F. The molecule has 1 fully saturated rings. The summed E-state index contributed by atoms with van der Waals surface area (Å²) in [5, 5.41) is 13.9. The van der Waals surface area contributed by atoms with E-state index in [1.165, 1.54) is 0 Å². The second-order valence-corrected chi connectivity index (χ2v) is 5.99. The van der Waals surface area contributed by atoms with Gasteiger partial charge < -0.3 is 5.32 Å². The van der Waals surface area contributed by atoms with Crippen LogP contribution in [0.4, 0.5) is 20.2 Å². The second-order valence-electron chi connectivity index (χ2n) is 4.51. The maximum absolute atomic E-state index is 13.6. The monoisotopic (exact) mass is 288 g/mol. The Bertz CT molecular complexity index is 499. The van der Waals surface area contributed by atoms with Gasteiger partial charge in [0.1, 0.15) is 5.82 Å². The van der Waals surface area contributed by atoms with E-state index in [-0.39, 0.29) is 17.0 Å². The zero-order chi connectivity index (χ0) is 14.0. The number of thioether (sulfide) groups is 1. The van der Waals surface area contributed by atoms with Gasteiger partial charge in [0.15, 0.2) is 0 Å². The van der Waals surface area contributed by atoms with Crippen molar-refractivity contribution >= 4 is 23.1 Å². The highest BCUT2D eigenvalue weighted by Crippen LogP contribution is 2.31. The van der Waals surface area contributed by atoms with E-state index in [1.807, 2.05) is 6.92 Å². The first kappa shape index (κ1) is 14.0. The maximum atomic E-state index is 13.6. The maximum Gasteiger partial charge on any atom is 0.307 e. The molecule has 0 saturated carbocycles. The van der Waals surface area contributed by atoms with Gasteiger partial charge in [-0.2, -0.15) is 16.2 Å². The molecule has 19 heavy (non-hydrogen) atoms. The number of anilines is 1. The standard InChI is InChI=1S/C12H14F2N2O2S/c1-7-10(3-2-4-19-7)15-11-6-12(16(17)18)9(14)5-8(11)13/h5-7,10,15H,2-4H2,1H3. The topological polar surface area (TPSA) is 55.2 Å². The quantitative estimate of drug-likeness (QED) is 0.682. The predicted octanol–water partition coefficient (Wildman–Crippen LogP) is 3.57. The fourth-order valence-corrected chi connectivity index (χ4v) is 3.24. The zero-order valence-electron chi connectivity index (χ0n) is 10.4. The molecule has 0 bridgehead atoms. The highest BCUT2D eigenvalue weighted by molar-refractivity contribution is 8.00. The number of hydrogen-bond donors (Lipinski definition) is 1. The zero-order valence-corrected chi connectivity index (χ0v) is 11.2. The molecule has 2 unspecified atom stereocenters. The predicted molar refractivity (Wildman–Crippen MR) is 71.6 cm³/mol. The minimum absolute atomic E-state index is 0.00699. The Hall–Kier alpha value is -1.37. The Morgan fingerprint density at radius 3 is 2.79 bits per heavy atom. The van der Waals surface area contributed by atoms with Crippen molar-refractivity contribution in [1.29, 1.82) is 0 Å². The van der Waals surface area contributed by atoms with Crippen LogP contribution in [0.1, 0.15) is 19.8 Å². The molecule has 1 heterocycles. The molecule has 0 aliphatic carbocycles. The first-order valence-corrected chi connectivity index (χ1v) is 7.05. The van der Waals surface area contributed by atoms with Crippen LogP contribution in [0.2, 0.25) is 0 Å². The number of nitro benzene ring substituents is 1. The number of rotatable bonds is 3. The van der Waals surface area contributed by atoms with Crippen LogP contribution >= 0.6 is 11.8 Å². The number of nitro groups is 1. The molecule has 0 amide bonds. The molecular weight excluding hydrogens is 274 g/mol. The van der Waals surface area contributed by atoms with Crippen molar-refractivity contribution in [2.45, 2.75) is 31.1 Å². The van der Waals surface area contributed by atoms with Gasteiger partial charge in [-0.25, -0.2) is 4.39 Å². The third-order valence-corrected chi connectivity index (χ3v) is 4.56. The first-order valence-electron chi connectivity index (χ1n) is 6.00. The molecular formula is C12H14F2N2O2S. The number of nitrogens with zero attached hydrogens (tertiary/aromatic N) is 1. The van der Waals surface area contributed by atoms with Gasteiger partial charge in [0.25, 0.3) is 0 Å². The summed E-state index contributed by atoms with van der Waals surface area (Å²) < 4.78 is 26.9. The fraction of sp³-hybridized carbons (Fsp3) is 0.500. The largest absolute Gasteiger partial charge is 0.379 e. The lowest BCUT2D eigenvalue weighted by atomic mass is 10.1. The third kappa shape index (κ3) is 3.15. The van der Waals surface area contributed by atoms with E-state index in [0.29, 0.717) is 6.07 Å². The molecule has 2 rings (SSSR count). The fourth-order valence-electron chi connectivity index (χ4n) is 2.10.